The molecule has 0 unspecified atom stereocenters. The zero-order valence-corrected chi connectivity index (χ0v) is 16.2. The van der Waals surface area contributed by atoms with Gasteiger partial charge in [0.25, 0.3) is 5.91 Å². The second kappa shape index (κ2) is 9.09. The summed E-state index contributed by atoms with van der Waals surface area (Å²) in [5, 5.41) is 12.6. The van der Waals surface area contributed by atoms with Gasteiger partial charge in [-0.05, 0) is 48.2 Å². The predicted molar refractivity (Wildman–Crippen MR) is 100.0 cm³/mol. The van der Waals surface area contributed by atoms with Gasteiger partial charge in [0.2, 0.25) is 0 Å². The molecule has 0 fully saturated rings. The largest absolute Gasteiger partial charge is 0.467 e. The lowest BCUT2D eigenvalue weighted by molar-refractivity contribution is -0.146. The van der Waals surface area contributed by atoms with Crippen LogP contribution in [0.15, 0.2) is 42.5 Å². The highest BCUT2D eigenvalue weighted by molar-refractivity contribution is 5.87. The van der Waals surface area contributed by atoms with Crippen LogP contribution in [0, 0.1) is 13.8 Å². The second-order valence-electron chi connectivity index (χ2n) is 6.73. The van der Waals surface area contributed by atoms with Crippen molar-refractivity contribution < 1.29 is 32.6 Å². The molecule has 1 amide bonds. The highest BCUT2D eigenvalue weighted by atomic mass is 19.4. The minimum absolute atomic E-state index is 0.0229. The maximum Gasteiger partial charge on any atom is 0.416 e. The van der Waals surface area contributed by atoms with E-state index in [1.807, 2.05) is 32.0 Å². The van der Waals surface area contributed by atoms with Crippen molar-refractivity contribution in [3.63, 3.8) is 0 Å². The maximum atomic E-state index is 12.6. The first-order chi connectivity index (χ1) is 13.5. The van der Waals surface area contributed by atoms with Gasteiger partial charge in [0.15, 0.2) is 6.10 Å². The Balaban J connectivity index is 2.14. The molecule has 29 heavy (non-hydrogen) atoms. The van der Waals surface area contributed by atoms with Crippen molar-refractivity contribution in [2.24, 2.45) is 0 Å². The molecule has 0 aliphatic carbocycles. The molecule has 0 heterocycles. The number of alkyl halides is 3. The lowest BCUT2D eigenvalue weighted by atomic mass is 10.00. The average molecular weight is 409 g/mol. The van der Waals surface area contributed by atoms with E-state index < -0.39 is 35.8 Å². The number of amides is 1. The number of hydrogen-bond donors (Lipinski definition) is 2. The van der Waals surface area contributed by atoms with Gasteiger partial charge in [0.1, 0.15) is 6.04 Å². The maximum absolute atomic E-state index is 12.6. The number of aliphatic hydroxyl groups is 1. The van der Waals surface area contributed by atoms with Crippen molar-refractivity contribution in [3.8, 4) is 0 Å². The molecule has 2 aromatic rings. The lowest BCUT2D eigenvalue weighted by Gasteiger charge is -2.19. The Kier molecular flexibility index (Phi) is 7.02. The van der Waals surface area contributed by atoms with Gasteiger partial charge in [0, 0.05) is 6.42 Å². The second-order valence-corrected chi connectivity index (χ2v) is 6.73. The summed E-state index contributed by atoms with van der Waals surface area (Å²) >= 11 is 0. The Hall–Kier alpha value is -2.87. The third kappa shape index (κ3) is 5.80. The Bertz CT molecular complexity index is 878. The zero-order valence-electron chi connectivity index (χ0n) is 16.2. The standard InChI is InChI=1S/C21H22F3NO4/c1-12-4-5-14(10-13(12)2)11-17(20(28)29-3)25-19(27)18(26)15-6-8-16(9-7-15)21(22,23)24/h4-10,17-18,26H,11H2,1-3H3,(H,25,27)/t17-,18-/m1/s1. The number of aryl methyl sites for hydroxylation is 2. The van der Waals surface area contributed by atoms with Crippen molar-refractivity contribution >= 4 is 11.9 Å². The van der Waals surface area contributed by atoms with Gasteiger partial charge in [-0.15, -0.1) is 0 Å². The van der Waals surface area contributed by atoms with Crippen LogP contribution in [0.2, 0.25) is 0 Å². The van der Waals surface area contributed by atoms with Crippen molar-refractivity contribution in [1.29, 1.82) is 0 Å². The Morgan fingerprint density at radius 2 is 1.69 bits per heavy atom. The van der Waals surface area contributed by atoms with Crippen molar-refractivity contribution in [3.05, 3.63) is 70.3 Å². The van der Waals surface area contributed by atoms with E-state index in [-0.39, 0.29) is 12.0 Å². The quantitative estimate of drug-likeness (QED) is 0.719. The van der Waals surface area contributed by atoms with E-state index in [0.29, 0.717) is 0 Å². The summed E-state index contributed by atoms with van der Waals surface area (Å²) in [6.07, 6.45) is -6.11. The number of rotatable bonds is 6. The number of hydrogen-bond acceptors (Lipinski definition) is 4. The van der Waals surface area contributed by atoms with E-state index >= 15 is 0 Å². The van der Waals surface area contributed by atoms with Crippen LogP contribution in [0.1, 0.15) is 33.9 Å². The molecule has 5 nitrogen and oxygen atoms in total. The van der Waals surface area contributed by atoms with E-state index in [1.165, 1.54) is 7.11 Å². The molecule has 156 valence electrons. The van der Waals surface area contributed by atoms with Gasteiger partial charge in [-0.25, -0.2) is 4.79 Å². The Labute approximate surface area is 166 Å². The summed E-state index contributed by atoms with van der Waals surface area (Å²) in [6, 6.07) is 8.11. The van der Waals surface area contributed by atoms with Crippen LogP contribution in [-0.2, 0) is 26.9 Å². The smallest absolute Gasteiger partial charge is 0.416 e. The van der Waals surface area contributed by atoms with E-state index in [2.05, 4.69) is 5.32 Å². The molecule has 0 aliphatic heterocycles. The van der Waals surface area contributed by atoms with Crippen LogP contribution >= 0.6 is 0 Å². The van der Waals surface area contributed by atoms with Gasteiger partial charge >= 0.3 is 12.1 Å². The number of aliphatic hydroxyl groups excluding tert-OH is 1. The number of esters is 1. The SMILES string of the molecule is COC(=O)[C@@H](Cc1ccc(C)c(C)c1)NC(=O)[C@H](O)c1ccc(C(F)(F)F)cc1. The van der Waals surface area contributed by atoms with E-state index in [0.717, 1.165) is 41.0 Å². The van der Waals surface area contributed by atoms with Crippen LogP contribution < -0.4 is 5.32 Å². The van der Waals surface area contributed by atoms with Crippen LogP contribution in [-0.4, -0.2) is 30.1 Å². The minimum Gasteiger partial charge on any atom is -0.467 e. The highest BCUT2D eigenvalue weighted by Crippen LogP contribution is 2.30. The number of benzene rings is 2. The van der Waals surface area contributed by atoms with E-state index in [4.69, 9.17) is 4.74 Å². The van der Waals surface area contributed by atoms with Gasteiger partial charge in [-0.2, -0.15) is 13.2 Å². The first-order valence-electron chi connectivity index (χ1n) is 8.82. The molecule has 0 saturated carbocycles. The number of nitrogens with one attached hydrogen (secondary N) is 1. The fourth-order valence-electron chi connectivity index (χ4n) is 2.76. The monoisotopic (exact) mass is 409 g/mol. The Morgan fingerprint density at radius 3 is 2.21 bits per heavy atom. The minimum atomic E-state index is -4.52. The van der Waals surface area contributed by atoms with Gasteiger partial charge in [-0.3, -0.25) is 4.79 Å². The fraction of sp³-hybridized carbons (Fsp3) is 0.333. The average Bonchev–Trinajstić information content (AvgIpc) is 2.68. The summed E-state index contributed by atoms with van der Waals surface area (Å²) in [6.45, 7) is 3.86. The number of carbonyl (C=O) groups excluding carboxylic acids is 2. The van der Waals surface area contributed by atoms with Crippen molar-refractivity contribution in [2.45, 2.75) is 38.6 Å². The Morgan fingerprint density at radius 1 is 1.07 bits per heavy atom. The predicted octanol–water partition coefficient (Wildman–Crippen LogP) is 3.26. The molecule has 8 heteroatoms. The molecule has 0 saturated heterocycles. The number of ether oxygens (including phenoxy) is 1. The molecular formula is C21H22F3NO4. The normalized spacial score (nSPS) is 13.5. The first kappa shape index (κ1) is 22.4. The van der Waals surface area contributed by atoms with Crippen molar-refractivity contribution in [2.75, 3.05) is 7.11 Å². The molecule has 0 bridgehead atoms. The summed E-state index contributed by atoms with van der Waals surface area (Å²) in [5.41, 5.74) is 1.96. The van der Waals surface area contributed by atoms with Gasteiger partial charge in [0.05, 0.1) is 12.7 Å². The molecule has 0 spiro atoms. The molecule has 0 aliphatic rings. The van der Waals surface area contributed by atoms with E-state index in [9.17, 15) is 27.9 Å². The lowest BCUT2D eigenvalue weighted by Crippen LogP contribution is -2.45. The van der Waals surface area contributed by atoms with Gasteiger partial charge < -0.3 is 15.2 Å². The number of carbonyl (C=O) groups is 2. The summed E-state index contributed by atoms with van der Waals surface area (Å²) in [5.74, 6) is -1.61. The number of halogens is 3. The van der Waals surface area contributed by atoms with Crippen LogP contribution in [0.3, 0.4) is 0 Å². The summed E-state index contributed by atoms with van der Waals surface area (Å²) < 4.78 is 42.7. The number of methoxy groups -OCH3 is 1. The molecule has 2 rings (SSSR count). The molecule has 2 aromatic carbocycles. The molecular weight excluding hydrogens is 387 g/mol. The molecule has 0 aromatic heterocycles. The molecule has 0 radical (unpaired) electrons. The van der Waals surface area contributed by atoms with Gasteiger partial charge in [-0.1, -0.05) is 30.3 Å². The van der Waals surface area contributed by atoms with Crippen LogP contribution in [0.4, 0.5) is 13.2 Å². The summed E-state index contributed by atoms with van der Waals surface area (Å²) in [4.78, 5) is 24.5. The molecule has 2 atom stereocenters. The fourth-order valence-corrected chi connectivity index (χ4v) is 2.76. The summed E-state index contributed by atoms with van der Waals surface area (Å²) in [7, 11) is 1.17. The van der Waals surface area contributed by atoms with Crippen LogP contribution in [0.25, 0.3) is 0 Å². The third-order valence-corrected chi connectivity index (χ3v) is 4.62. The first-order valence-corrected chi connectivity index (χ1v) is 8.82. The highest BCUT2D eigenvalue weighted by Gasteiger charge is 2.31. The molecule has 2 N–H and O–H groups in total. The topological polar surface area (TPSA) is 75.6 Å². The van der Waals surface area contributed by atoms with E-state index in [1.54, 1.807) is 0 Å². The zero-order chi connectivity index (χ0) is 21.8. The third-order valence-electron chi connectivity index (χ3n) is 4.62. The van der Waals surface area contributed by atoms with Crippen molar-refractivity contribution in [1.82, 2.24) is 5.32 Å². The van der Waals surface area contributed by atoms with Crippen LogP contribution in [0.5, 0.6) is 0 Å².